The first kappa shape index (κ1) is 30.6. The monoisotopic (exact) mass is 558 g/mol. The molecule has 4 aromatic carbocycles. The van der Waals surface area contributed by atoms with Crippen molar-refractivity contribution >= 4 is 34.1 Å². The van der Waals surface area contributed by atoms with E-state index in [1.165, 1.54) is 36.8 Å². The van der Waals surface area contributed by atoms with Gasteiger partial charge in [0.25, 0.3) is 0 Å². The minimum Gasteiger partial charge on any atom is -0.151 e. The van der Waals surface area contributed by atoms with Gasteiger partial charge in [-0.1, -0.05) is 51.0 Å². The fraction of sp³-hybridized carbons (Fsp3) is 0.333. The van der Waals surface area contributed by atoms with Gasteiger partial charge in [-0.25, -0.2) is 0 Å². The lowest BCUT2D eigenvalue weighted by molar-refractivity contribution is 0.795. The van der Waals surface area contributed by atoms with Gasteiger partial charge in [-0.15, -0.1) is 0 Å². The van der Waals surface area contributed by atoms with Gasteiger partial charge in [0.2, 0.25) is 0 Å². The Morgan fingerprint density at radius 1 is 0.405 bits per heavy atom. The van der Waals surface area contributed by atoms with Gasteiger partial charge < -0.3 is 0 Å². The third-order valence-corrected chi connectivity index (χ3v) is 7.27. The number of aryl methyl sites for hydroxylation is 6. The van der Waals surface area contributed by atoms with E-state index in [0.717, 1.165) is 69.2 Å². The molecule has 0 saturated heterocycles. The van der Waals surface area contributed by atoms with Crippen molar-refractivity contribution in [3.63, 3.8) is 0 Å². The van der Waals surface area contributed by atoms with Crippen molar-refractivity contribution in [2.24, 2.45) is 30.7 Å². The summed E-state index contributed by atoms with van der Waals surface area (Å²) >= 11 is 0. The van der Waals surface area contributed by atoms with Crippen LogP contribution in [0.15, 0.2) is 103 Å². The van der Waals surface area contributed by atoms with Crippen LogP contribution in [0.2, 0.25) is 0 Å². The first-order chi connectivity index (χ1) is 20.4. The van der Waals surface area contributed by atoms with Gasteiger partial charge in [0.1, 0.15) is 0 Å². The number of hydrogen-bond acceptors (Lipinski definition) is 6. The molecule has 4 aromatic rings. The second-order valence-electron chi connectivity index (χ2n) is 11.0. The van der Waals surface area contributed by atoms with Gasteiger partial charge in [-0.3, -0.25) is 0 Å². The van der Waals surface area contributed by atoms with Crippen LogP contribution in [0.25, 0.3) is 0 Å². The van der Waals surface area contributed by atoms with Gasteiger partial charge in [0.05, 0.1) is 34.1 Å². The summed E-state index contributed by atoms with van der Waals surface area (Å²) in [6.45, 7) is 12.5. The molecule has 6 nitrogen and oxygen atoms in total. The molecule has 6 heteroatoms. The molecule has 0 aliphatic heterocycles. The Morgan fingerprint density at radius 2 is 0.714 bits per heavy atom. The van der Waals surface area contributed by atoms with E-state index in [-0.39, 0.29) is 0 Å². The summed E-state index contributed by atoms with van der Waals surface area (Å²) in [5, 5.41) is 27.1. The molecule has 0 unspecified atom stereocenters. The highest BCUT2D eigenvalue weighted by atomic mass is 15.1. The van der Waals surface area contributed by atoms with Gasteiger partial charge in [0, 0.05) is 0 Å². The van der Waals surface area contributed by atoms with Crippen LogP contribution in [0.3, 0.4) is 0 Å². The van der Waals surface area contributed by atoms with Gasteiger partial charge in [-0.05, 0) is 135 Å². The molecule has 0 fully saturated rings. The highest BCUT2D eigenvalue weighted by Crippen LogP contribution is 2.34. The summed E-state index contributed by atoms with van der Waals surface area (Å²) < 4.78 is 0. The molecular formula is C36H42N6. The van der Waals surface area contributed by atoms with Crippen molar-refractivity contribution < 1.29 is 0 Å². The van der Waals surface area contributed by atoms with E-state index < -0.39 is 0 Å². The fourth-order valence-corrected chi connectivity index (χ4v) is 4.85. The Bertz CT molecular complexity index is 1520. The molecule has 0 aromatic heterocycles. The van der Waals surface area contributed by atoms with Gasteiger partial charge >= 0.3 is 0 Å². The molecule has 0 N–H and O–H groups in total. The van der Waals surface area contributed by atoms with Crippen LogP contribution in [-0.2, 0) is 12.8 Å². The smallest absolute Gasteiger partial charge is 0.0916 e. The molecule has 0 spiro atoms. The summed E-state index contributed by atoms with van der Waals surface area (Å²) in [6.07, 6.45) is 7.00. The van der Waals surface area contributed by atoms with E-state index >= 15 is 0 Å². The third kappa shape index (κ3) is 8.59. The predicted molar refractivity (Wildman–Crippen MR) is 174 cm³/mol. The van der Waals surface area contributed by atoms with Crippen molar-refractivity contribution in [1.29, 1.82) is 0 Å². The van der Waals surface area contributed by atoms with Crippen LogP contribution < -0.4 is 0 Å². The highest BCUT2D eigenvalue weighted by molar-refractivity contribution is 5.61. The van der Waals surface area contributed by atoms with Crippen LogP contribution in [0.4, 0.5) is 34.1 Å². The first-order valence-electron chi connectivity index (χ1n) is 15.0. The normalized spacial score (nSPS) is 11.9. The molecule has 42 heavy (non-hydrogen) atoms. The molecule has 0 heterocycles. The van der Waals surface area contributed by atoms with E-state index in [1.807, 2.05) is 76.2 Å². The first-order valence-corrected chi connectivity index (χ1v) is 15.0. The maximum atomic E-state index is 4.60. The molecule has 216 valence electrons. The Labute approximate surface area is 250 Å². The van der Waals surface area contributed by atoms with Crippen LogP contribution in [0.5, 0.6) is 0 Å². The quantitative estimate of drug-likeness (QED) is 0.155. The summed E-state index contributed by atoms with van der Waals surface area (Å²) in [5.74, 6) is 0. The van der Waals surface area contributed by atoms with E-state index in [2.05, 4.69) is 68.8 Å². The average molecular weight is 559 g/mol. The van der Waals surface area contributed by atoms with Gasteiger partial charge in [0.15, 0.2) is 0 Å². The molecule has 4 rings (SSSR count). The Hall–Kier alpha value is -4.32. The molecule has 0 bridgehead atoms. The van der Waals surface area contributed by atoms with Crippen molar-refractivity contribution in [2.45, 2.75) is 80.1 Å². The SMILES string of the molecule is CCCCc1ccc(N=Nc2cc(C)c(N=Nc3cc(C)c(N=Nc4ccc(CCCC)cc4)c(C)c3)c(C)c2)cc1. The number of hydrogen-bond donors (Lipinski definition) is 0. The number of unbranched alkanes of at least 4 members (excludes halogenated alkanes) is 2. The van der Waals surface area contributed by atoms with E-state index in [0.29, 0.717) is 0 Å². The molecule has 0 aliphatic carbocycles. The zero-order valence-electron chi connectivity index (χ0n) is 25.9. The lowest BCUT2D eigenvalue weighted by Crippen LogP contribution is -1.83. The molecule has 0 radical (unpaired) electrons. The van der Waals surface area contributed by atoms with Crippen LogP contribution >= 0.6 is 0 Å². The minimum atomic E-state index is 0.786. The highest BCUT2D eigenvalue weighted by Gasteiger charge is 2.08. The Balaban J connectivity index is 1.44. The molecule has 0 atom stereocenters. The predicted octanol–water partition coefficient (Wildman–Crippen LogP) is 12.9. The second-order valence-corrected chi connectivity index (χ2v) is 11.0. The number of nitrogens with zero attached hydrogens (tertiary/aromatic N) is 6. The zero-order valence-corrected chi connectivity index (χ0v) is 25.9. The van der Waals surface area contributed by atoms with Crippen LogP contribution in [0, 0.1) is 27.7 Å². The second kappa shape index (κ2) is 15.1. The molecule has 0 amide bonds. The number of benzene rings is 4. The maximum absolute atomic E-state index is 4.60. The Morgan fingerprint density at radius 3 is 1.07 bits per heavy atom. The zero-order chi connectivity index (χ0) is 29.9. The number of azo groups is 3. The van der Waals surface area contributed by atoms with E-state index in [4.69, 9.17) is 0 Å². The maximum Gasteiger partial charge on any atom is 0.0916 e. The van der Waals surface area contributed by atoms with Crippen LogP contribution in [0.1, 0.15) is 72.9 Å². The lowest BCUT2D eigenvalue weighted by Gasteiger charge is -2.07. The summed E-state index contributed by atoms with van der Waals surface area (Å²) in [4.78, 5) is 0. The summed E-state index contributed by atoms with van der Waals surface area (Å²) in [7, 11) is 0. The van der Waals surface area contributed by atoms with Crippen molar-refractivity contribution in [3.05, 3.63) is 106 Å². The number of rotatable bonds is 12. The van der Waals surface area contributed by atoms with Crippen molar-refractivity contribution in [1.82, 2.24) is 0 Å². The average Bonchev–Trinajstić information content (AvgIpc) is 2.98. The van der Waals surface area contributed by atoms with Gasteiger partial charge in [-0.2, -0.15) is 30.7 Å². The molecular weight excluding hydrogens is 516 g/mol. The van der Waals surface area contributed by atoms with Crippen molar-refractivity contribution in [3.8, 4) is 0 Å². The summed E-state index contributed by atoms with van der Waals surface area (Å²) in [6, 6.07) is 24.7. The van der Waals surface area contributed by atoms with Crippen molar-refractivity contribution in [2.75, 3.05) is 0 Å². The topological polar surface area (TPSA) is 74.2 Å². The minimum absolute atomic E-state index is 0.786. The van der Waals surface area contributed by atoms with Crippen LogP contribution in [-0.4, -0.2) is 0 Å². The standard InChI is InChI=1S/C36H42N6/c1-7-9-11-29-13-17-31(18-14-29)37-39-33-21-25(3)36(26(4)22-33)42-40-34-23-27(5)35(28(6)24-34)41-38-32-19-15-30(16-20-32)12-10-8-2/h13-24H,7-12H2,1-6H3. The third-order valence-electron chi connectivity index (χ3n) is 7.27. The molecule has 0 saturated carbocycles. The fourth-order valence-electron chi connectivity index (χ4n) is 4.85. The Kier molecular flexibility index (Phi) is 11.0. The largest absolute Gasteiger partial charge is 0.151 e. The van der Waals surface area contributed by atoms with E-state index in [9.17, 15) is 0 Å². The van der Waals surface area contributed by atoms with E-state index in [1.54, 1.807) is 0 Å². The lowest BCUT2D eigenvalue weighted by atomic mass is 10.1. The molecule has 0 aliphatic rings. The summed E-state index contributed by atoms with van der Waals surface area (Å²) in [5.41, 5.74) is 11.7.